The third-order valence-corrected chi connectivity index (χ3v) is 26.5. The van der Waals surface area contributed by atoms with Crippen LogP contribution in [-0.2, 0) is 89.1 Å². The van der Waals surface area contributed by atoms with Crippen molar-refractivity contribution in [2.45, 2.75) is 174 Å². The molecule has 0 saturated carbocycles. The summed E-state index contributed by atoms with van der Waals surface area (Å²) in [6, 6.07) is 72.5. The molecular formula is C99H126FN5O16S3. The van der Waals surface area contributed by atoms with Crippen molar-refractivity contribution in [3.05, 3.63) is 287 Å². The van der Waals surface area contributed by atoms with Crippen LogP contribution in [0, 0.1) is 46.6 Å². The van der Waals surface area contributed by atoms with Crippen LogP contribution >= 0.6 is 0 Å². The van der Waals surface area contributed by atoms with Gasteiger partial charge in [0.25, 0.3) is 10.0 Å². The first-order valence-corrected chi connectivity index (χ1v) is 48.0. The molecule has 0 aromatic heterocycles. The van der Waals surface area contributed by atoms with Crippen LogP contribution in [0.5, 0.6) is 0 Å². The second-order valence-corrected chi connectivity index (χ2v) is 39.5. The number of hydrogen-bond donors (Lipinski definition) is 2. The topological polar surface area (TPSA) is 270 Å². The number of nitrogens with one attached hydrogen (secondary N) is 1. The van der Waals surface area contributed by atoms with E-state index in [-0.39, 0.29) is 42.7 Å². The predicted octanol–water partition coefficient (Wildman–Crippen LogP) is 16.5. The maximum Gasteiger partial charge on any atom is 0.337 e. The van der Waals surface area contributed by atoms with E-state index in [1.165, 1.54) is 106 Å². The molecule has 21 nitrogen and oxygen atoms in total. The fourth-order valence-electron chi connectivity index (χ4n) is 15.6. The number of aliphatic carboxylic acids is 1. The number of methoxy groups -OCH3 is 1. The molecule has 2 N–H and O–H groups in total. The maximum absolute atomic E-state index is 13.4. The molecule has 13 rings (SSSR count). The Morgan fingerprint density at radius 1 is 0.540 bits per heavy atom. The van der Waals surface area contributed by atoms with E-state index in [1.807, 2.05) is 84.9 Å². The van der Waals surface area contributed by atoms with Crippen LogP contribution in [0.2, 0.25) is 0 Å². The Morgan fingerprint density at radius 2 is 0.927 bits per heavy atom. The largest absolute Gasteiger partial charge is 0.479 e. The minimum Gasteiger partial charge on any atom is -0.479 e. The maximum atomic E-state index is 13.4. The molecule has 5 aliphatic heterocycles. The highest BCUT2D eigenvalue weighted by Gasteiger charge is 2.40. The summed E-state index contributed by atoms with van der Waals surface area (Å²) in [6.07, 6.45) is 13.7. The van der Waals surface area contributed by atoms with Gasteiger partial charge in [0.1, 0.15) is 17.2 Å². The average Bonchev–Trinajstić information content (AvgIpc) is 0.806. The number of carboxylic acids is 1. The molecule has 0 aliphatic carbocycles. The number of ketones is 1. The lowest BCUT2D eigenvalue weighted by atomic mass is 9.91. The van der Waals surface area contributed by atoms with Gasteiger partial charge < -0.3 is 34.3 Å². The van der Waals surface area contributed by atoms with Gasteiger partial charge in [0, 0.05) is 74.5 Å². The van der Waals surface area contributed by atoms with Gasteiger partial charge in [0.15, 0.2) is 17.6 Å². The number of amides is 1. The van der Waals surface area contributed by atoms with Crippen molar-refractivity contribution in [3.63, 3.8) is 0 Å². The highest BCUT2D eigenvalue weighted by atomic mass is 32.2. The minimum absolute atomic E-state index is 0.0581. The molecule has 0 radical (unpaired) electrons. The lowest BCUT2D eigenvalue weighted by molar-refractivity contribution is -0.301. The first-order valence-electron chi connectivity index (χ1n) is 43.1. The number of esters is 2. The molecule has 668 valence electrons. The molecule has 1 amide bonds. The Bertz CT molecular complexity index is 4960. The number of sulfonamides is 3. The van der Waals surface area contributed by atoms with Crippen LogP contribution in [0.25, 0.3) is 0 Å². The molecule has 8 aromatic carbocycles. The molecule has 0 spiro atoms. The van der Waals surface area contributed by atoms with Crippen LogP contribution in [-0.4, -0.2) is 179 Å². The summed E-state index contributed by atoms with van der Waals surface area (Å²) in [7, 11) is -8.67. The number of halogens is 1. The number of ether oxygens (including phenoxy) is 4. The van der Waals surface area contributed by atoms with Gasteiger partial charge in [-0.1, -0.05) is 214 Å². The second-order valence-electron chi connectivity index (χ2n) is 33.9. The Balaban J connectivity index is 0.000000192. The smallest absolute Gasteiger partial charge is 0.337 e. The first kappa shape index (κ1) is 99.8. The lowest BCUT2D eigenvalue weighted by Crippen LogP contribution is -2.48. The third-order valence-electron chi connectivity index (χ3n) is 22.0. The fraction of sp³-hybridized carbons (Fsp3) is 0.444. The van der Waals surface area contributed by atoms with Gasteiger partial charge >= 0.3 is 17.9 Å². The number of carbonyl (C=O) groups excluding carboxylic acids is 4. The van der Waals surface area contributed by atoms with Crippen molar-refractivity contribution < 1.29 is 77.7 Å². The van der Waals surface area contributed by atoms with Crippen molar-refractivity contribution in [2.75, 3.05) is 78.0 Å². The van der Waals surface area contributed by atoms with Crippen LogP contribution in [0.1, 0.15) is 179 Å². The van der Waals surface area contributed by atoms with E-state index in [4.69, 9.17) is 14.2 Å². The number of nitrogens with zero attached hydrogens (tertiary/aromatic N) is 4. The number of piperidine rings is 4. The van der Waals surface area contributed by atoms with E-state index in [9.17, 15) is 58.7 Å². The summed E-state index contributed by atoms with van der Waals surface area (Å²) >= 11 is 0. The normalized spacial score (nSPS) is 17.7. The number of rotatable bonds is 24. The van der Waals surface area contributed by atoms with Crippen molar-refractivity contribution >= 4 is 59.7 Å². The molecule has 5 fully saturated rings. The summed E-state index contributed by atoms with van der Waals surface area (Å²) in [5, 5.41) is 15.8. The average molecular weight is 1760 g/mol. The molecule has 8 aromatic rings. The number of carbonyl (C=O) groups is 5. The fourth-order valence-corrected chi connectivity index (χ4v) is 19.0. The van der Waals surface area contributed by atoms with Crippen LogP contribution in [0.4, 0.5) is 4.39 Å². The highest BCUT2D eigenvalue weighted by molar-refractivity contribution is 7.93. The van der Waals surface area contributed by atoms with E-state index in [0.717, 1.165) is 69.3 Å². The Hall–Kier alpha value is -9.59. The predicted molar refractivity (Wildman–Crippen MR) is 485 cm³/mol. The van der Waals surface area contributed by atoms with Crippen molar-refractivity contribution in [2.24, 2.45) is 29.6 Å². The second kappa shape index (κ2) is 49.9. The summed E-state index contributed by atoms with van der Waals surface area (Å²) in [6.45, 7) is 18.3. The Morgan fingerprint density at radius 3 is 1.33 bits per heavy atom. The summed E-state index contributed by atoms with van der Waals surface area (Å²) < 4.78 is 112. The van der Waals surface area contributed by atoms with E-state index in [1.54, 1.807) is 101 Å². The summed E-state index contributed by atoms with van der Waals surface area (Å²) in [5.74, 6) is 0.428. The quantitative estimate of drug-likeness (QED) is 0.0323. The minimum atomic E-state index is -3.54. The molecule has 3 atom stereocenters. The third kappa shape index (κ3) is 35.8. The zero-order valence-electron chi connectivity index (χ0n) is 73.3. The SMILES string of the molecule is CC(C)C(=O)N(CC[C@@H]1C[C@H](CC(=O)OC(C)(C)C)OC(C)(C)O1)C(C(=O)O)c1ccc(F)cc1.COC(=O)c1ccccc1.CS(=O)(=O)N1CCC(Cc2ccccc2)CC1.O=C(CS(=O)(=O)N1CCC(Cc2ccccc2)CC1)c1ccccc1.O=S(=O)(C#Cc1ccccc1)N1CCC(Cc2ccccc2)CC1.c1ccc(CC2CCNCC2)cc1. The summed E-state index contributed by atoms with van der Waals surface area (Å²) in [4.78, 5) is 61.9. The van der Waals surface area contributed by atoms with Gasteiger partial charge in [0.2, 0.25) is 26.0 Å². The van der Waals surface area contributed by atoms with Crippen molar-refractivity contribution in [1.29, 1.82) is 0 Å². The molecule has 5 saturated heterocycles. The molecule has 124 heavy (non-hydrogen) atoms. The summed E-state index contributed by atoms with van der Waals surface area (Å²) in [5.41, 5.74) is 6.92. The Labute approximate surface area is 736 Å². The van der Waals surface area contributed by atoms with E-state index >= 15 is 0 Å². The van der Waals surface area contributed by atoms with Gasteiger partial charge in [-0.25, -0.2) is 39.4 Å². The van der Waals surface area contributed by atoms with Crippen LogP contribution in [0.3, 0.4) is 0 Å². The van der Waals surface area contributed by atoms with E-state index < -0.39 is 77.1 Å². The highest BCUT2D eigenvalue weighted by Crippen LogP contribution is 2.34. The Kier molecular flexibility index (Phi) is 40.2. The van der Waals surface area contributed by atoms with Gasteiger partial charge in [0.05, 0.1) is 37.6 Å². The van der Waals surface area contributed by atoms with Gasteiger partial charge in [-0.15, -0.1) is 0 Å². The number of carboxylic acid groups (broad SMARTS) is 1. The van der Waals surface area contributed by atoms with Crippen molar-refractivity contribution in [3.8, 4) is 11.2 Å². The zero-order valence-corrected chi connectivity index (χ0v) is 75.7. The molecular weight excluding hydrogens is 1630 g/mol. The van der Waals surface area contributed by atoms with E-state index in [2.05, 4.69) is 100 Å². The van der Waals surface area contributed by atoms with E-state index in [0.29, 0.717) is 86.6 Å². The molecule has 5 aliphatic rings. The molecule has 1 unspecified atom stereocenters. The number of Topliss-reactive ketones (excluding diaryl/α,β-unsaturated/α-hetero) is 1. The molecule has 25 heteroatoms. The number of hydrogen-bond acceptors (Lipinski definition) is 16. The monoisotopic (exact) mass is 1760 g/mol. The van der Waals surface area contributed by atoms with Crippen molar-refractivity contribution in [1.82, 2.24) is 23.1 Å². The van der Waals surface area contributed by atoms with Gasteiger partial charge in [-0.2, -0.15) is 12.7 Å². The van der Waals surface area contributed by atoms with Gasteiger partial charge in [-0.3, -0.25) is 14.4 Å². The van der Waals surface area contributed by atoms with Crippen LogP contribution in [0.15, 0.2) is 237 Å². The standard InChI is InChI=1S/C26H38FNO7.C20H23NO3S.C20H21NO2S.C13H19NO2S.C12H17N.C8H8O2/c1-16(2)23(30)28(22(24(31)32)17-8-10-18(27)11-9-17)13-12-19-14-20(34-26(6,7)33-19)15-21(29)35-25(3,4)5;22-20(19-9-5-2-6-10-19)16-25(23,24)21-13-11-18(12-14-21)15-17-7-3-1-4-8-17;22-24(23,16-13-18-7-3-1-4-8-18)21-14-11-20(12-15-21)17-19-9-5-2-6-10-19;1-17(15,16)14-9-7-13(8-10-14)11-12-5-3-2-4-6-12;1-2-4-11(5-3-1)10-12-6-8-13-9-7-12;1-10-8(9)7-5-3-2-4-6-7/h8-11,16,19-20,22H,12-15H2,1-7H3,(H,31,32);1-10,18H,11-16H2;1-10,20H,11-12,14-15,17H2;2-6,13H,7-11H2,1H3;1-5,12-13H,6-10H2;2-6H,1H3/t19-,20-,22?;;;;;/m1...../s1. The number of benzene rings is 8. The van der Waals surface area contributed by atoms with Gasteiger partial charge in [-0.05, 0) is 225 Å². The lowest BCUT2D eigenvalue weighted by Gasteiger charge is -2.41. The molecule has 5 heterocycles. The molecule has 0 bridgehead atoms. The van der Waals surface area contributed by atoms with Crippen LogP contribution < -0.4 is 5.32 Å². The zero-order chi connectivity index (χ0) is 89.7. The first-order chi connectivity index (χ1) is 59.1.